The quantitative estimate of drug-likeness (QED) is 0.0678. The van der Waals surface area contributed by atoms with Crippen molar-refractivity contribution in [1.82, 2.24) is 5.32 Å². The summed E-state index contributed by atoms with van der Waals surface area (Å²) in [6.45, 7) is 17.2. The van der Waals surface area contributed by atoms with Crippen LogP contribution < -0.4 is 10.6 Å². The predicted octanol–water partition coefficient (Wildman–Crippen LogP) is 9.83. The molecular formula is C57H74BrF2N2O14P. The summed E-state index contributed by atoms with van der Waals surface area (Å²) in [6, 6.07) is 14.4. The molecule has 2 amide bonds. The number of carbonyl (C=O) groups excluding carboxylic acids is 6. The maximum Gasteiger partial charge on any atom is 0.476 e. The van der Waals surface area contributed by atoms with E-state index in [9.17, 15) is 33.6 Å². The number of ether oxygens (including phenoxy) is 3. The van der Waals surface area contributed by atoms with Gasteiger partial charge in [0.15, 0.2) is 34.9 Å². The summed E-state index contributed by atoms with van der Waals surface area (Å²) in [6.07, 6.45) is -2.60. The topological polar surface area (TPSA) is 219 Å². The monoisotopic (exact) mass is 1160 g/mol. The number of ketones is 3. The molecule has 16 nitrogen and oxygen atoms in total. The normalized spacial score (nSPS) is 30.3. The first kappa shape index (κ1) is 60.3. The second kappa shape index (κ2) is 22.3. The van der Waals surface area contributed by atoms with Crippen molar-refractivity contribution >= 4 is 64.6 Å². The lowest BCUT2D eigenvalue weighted by Crippen LogP contribution is -2.70. The van der Waals surface area contributed by atoms with E-state index in [0.29, 0.717) is 17.7 Å². The number of fused-ring (bicyclic) bond motifs is 7. The van der Waals surface area contributed by atoms with E-state index in [1.165, 1.54) is 19.1 Å². The summed E-state index contributed by atoms with van der Waals surface area (Å²) < 4.78 is 85.6. The number of phosphoric acid groups is 1. The van der Waals surface area contributed by atoms with E-state index in [1.54, 1.807) is 99.6 Å². The number of amides is 2. The molecular weight excluding hydrogens is 1090 g/mol. The van der Waals surface area contributed by atoms with Crippen molar-refractivity contribution in [2.75, 3.05) is 23.8 Å². The van der Waals surface area contributed by atoms with Crippen LogP contribution >= 0.6 is 23.8 Å². The molecule has 1 aliphatic heterocycles. The number of allylic oxidation sites excluding steroid dienone is 4. The Labute approximate surface area is 458 Å². The van der Waals surface area contributed by atoms with Gasteiger partial charge < -0.3 is 30.0 Å². The molecule has 77 heavy (non-hydrogen) atoms. The lowest BCUT2D eigenvalue weighted by atomic mass is 9.44. The first-order valence-corrected chi connectivity index (χ1v) is 28.8. The highest BCUT2D eigenvalue weighted by Crippen LogP contribution is 2.73. The fraction of sp³-hybridized carbons (Fsp3) is 0.614. The largest absolute Gasteiger partial charge is 0.476 e. The van der Waals surface area contributed by atoms with Crippen molar-refractivity contribution in [2.24, 2.45) is 28.6 Å². The number of anilines is 1. The van der Waals surface area contributed by atoms with Crippen LogP contribution in [0.1, 0.15) is 138 Å². The van der Waals surface area contributed by atoms with Crippen LogP contribution in [0.25, 0.3) is 0 Å². The molecule has 0 bridgehead atoms. The fourth-order valence-electron chi connectivity index (χ4n) is 12.2. The Morgan fingerprint density at radius 3 is 2.21 bits per heavy atom. The van der Waals surface area contributed by atoms with E-state index in [0.717, 1.165) is 17.2 Å². The van der Waals surface area contributed by atoms with Crippen molar-refractivity contribution in [3.63, 3.8) is 0 Å². The zero-order valence-corrected chi connectivity index (χ0v) is 48.3. The molecule has 3 saturated carbocycles. The Kier molecular flexibility index (Phi) is 17.5. The molecule has 1 heterocycles. The van der Waals surface area contributed by atoms with Gasteiger partial charge in [-0.1, -0.05) is 65.3 Å². The van der Waals surface area contributed by atoms with Crippen LogP contribution in [0.15, 0.2) is 72.3 Å². The van der Waals surface area contributed by atoms with Gasteiger partial charge in [0.25, 0.3) is 0 Å². The van der Waals surface area contributed by atoms with E-state index < -0.39 is 119 Å². The smallest absolute Gasteiger partial charge is 0.460 e. The van der Waals surface area contributed by atoms with Crippen molar-refractivity contribution in [3.05, 3.63) is 89.0 Å². The average Bonchev–Trinajstić information content (AvgIpc) is 4.04. The lowest BCUT2D eigenvalue weighted by Gasteiger charge is -2.63. The molecule has 11 atom stereocenters. The van der Waals surface area contributed by atoms with E-state index in [4.69, 9.17) is 27.8 Å². The van der Waals surface area contributed by atoms with Crippen LogP contribution in [0.5, 0.6) is 0 Å². The van der Waals surface area contributed by atoms with Crippen LogP contribution in [0.2, 0.25) is 0 Å². The van der Waals surface area contributed by atoms with Crippen molar-refractivity contribution in [2.45, 2.75) is 174 Å². The van der Waals surface area contributed by atoms with Gasteiger partial charge in [-0.25, -0.2) is 13.3 Å². The molecule has 2 aromatic rings. The summed E-state index contributed by atoms with van der Waals surface area (Å²) in [5.74, 6) is -5.80. The minimum absolute atomic E-state index is 0.00814. The number of esters is 1. The molecule has 3 N–H and O–H groups in total. The summed E-state index contributed by atoms with van der Waals surface area (Å²) in [7, 11) is -4.47. The van der Waals surface area contributed by atoms with Gasteiger partial charge in [-0.3, -0.25) is 42.3 Å². The minimum atomic E-state index is -4.47. The van der Waals surface area contributed by atoms with E-state index in [1.807, 2.05) is 18.2 Å². The lowest BCUT2D eigenvalue weighted by molar-refractivity contribution is -0.235. The van der Waals surface area contributed by atoms with Crippen molar-refractivity contribution < 1.29 is 75.0 Å². The number of nitrogens with one attached hydrogen (secondary N) is 2. The Hall–Kier alpha value is -4.33. The van der Waals surface area contributed by atoms with Crippen molar-refractivity contribution in [3.8, 4) is 0 Å². The van der Waals surface area contributed by atoms with E-state index >= 15 is 13.6 Å². The van der Waals surface area contributed by atoms with Crippen LogP contribution in [0.4, 0.5) is 14.5 Å². The number of rotatable bonds is 19. The number of Topliss-reactive ketones (excluding diaryl/α,β-unsaturated/α-hetero) is 2. The number of halogens is 3. The van der Waals surface area contributed by atoms with E-state index in [2.05, 4.69) is 26.6 Å². The van der Waals surface area contributed by atoms with Gasteiger partial charge >= 0.3 is 13.8 Å². The van der Waals surface area contributed by atoms with Crippen molar-refractivity contribution in [1.29, 1.82) is 0 Å². The number of alkyl halides is 3. The van der Waals surface area contributed by atoms with E-state index in [-0.39, 0.29) is 67.7 Å². The minimum Gasteiger partial charge on any atom is -0.460 e. The average molecular weight is 1160 g/mol. The maximum absolute atomic E-state index is 18.3. The Morgan fingerprint density at radius 1 is 0.922 bits per heavy atom. The van der Waals surface area contributed by atoms with Gasteiger partial charge in [0, 0.05) is 46.8 Å². The van der Waals surface area contributed by atoms with Gasteiger partial charge in [-0.15, -0.1) is 0 Å². The Morgan fingerprint density at radius 2 is 1.58 bits per heavy atom. The summed E-state index contributed by atoms with van der Waals surface area (Å²) in [4.78, 5) is 78.7. The summed E-state index contributed by atoms with van der Waals surface area (Å²) in [5.41, 5.74) is -7.69. The third-order valence-electron chi connectivity index (χ3n) is 15.3. The maximum atomic E-state index is 18.3. The highest BCUT2D eigenvalue weighted by molar-refractivity contribution is 9.09. The fourth-order valence-corrected chi connectivity index (χ4v) is 14.2. The molecule has 0 aromatic heterocycles. The number of phosphoric ester groups is 1. The molecule has 0 spiro atoms. The van der Waals surface area contributed by atoms with Crippen LogP contribution in [0, 0.1) is 28.6 Å². The summed E-state index contributed by atoms with van der Waals surface area (Å²) in [5, 5.41) is 17.6. The Bertz CT molecular complexity index is 2710. The number of benzene rings is 2. The zero-order chi connectivity index (χ0) is 56.9. The van der Waals surface area contributed by atoms with Crippen LogP contribution in [-0.4, -0.2) is 105 Å². The summed E-state index contributed by atoms with van der Waals surface area (Å²) >= 11 is 3.04. The second-order valence-corrected chi connectivity index (χ2v) is 26.6. The van der Waals surface area contributed by atoms with Gasteiger partial charge in [-0.05, 0) is 148 Å². The zero-order valence-electron chi connectivity index (χ0n) is 45.8. The number of aliphatic hydroxyl groups is 1. The molecule has 422 valence electrons. The second-order valence-electron chi connectivity index (χ2n) is 24.5. The van der Waals surface area contributed by atoms with Gasteiger partial charge in [0.2, 0.25) is 11.8 Å². The third-order valence-corrected chi connectivity index (χ3v) is 17.8. The highest BCUT2D eigenvalue weighted by Gasteiger charge is 2.80. The standard InChI is InChI=1S/C57H74BrF2N2O14P/c1-51(2,3)73-48(68)20-19-36(25-39(64)31-61-47(67)30-58)49(69)62-37-14-12-13-34(24-37)23-33-15-17-35(18-16-33)50-72-46-28-40-41-27-43(59)42-26-38(63)21-22-54(42,10)56(41,60)44(65)29-55(40,11)57(46,74-50)45(66)32-71-77(70,75-52(4,5)6)76-53(7,8)9/h12-18,21-22,24,26,36,40-41,43-44,46,50,65H,19-20,23,25,27-32H2,1-11H3,(H,61,67)(H,62,69)/t36-,40+,41+,43+,44+,46-,50-,54+,55+,56+,57-/m1/s1. The first-order chi connectivity index (χ1) is 35.6. The molecule has 1 saturated heterocycles. The molecule has 7 rings (SSSR count). The molecule has 4 fully saturated rings. The number of carbonyl (C=O) groups is 6. The molecule has 4 aliphatic carbocycles. The molecule has 2 aromatic carbocycles. The SMILES string of the molecule is CC(C)(C)OC(=O)CC[C@H](CC(=O)CNC(=O)CBr)C(=O)Nc1cccc(Cc2ccc([C@@H]3O[C@@H]4C[C@H]5[C@@H]6C[C@H](F)C7=CC(=O)C=C[C@]7(C)[C@@]6(F)[C@@H](O)C[C@]5(C)[C@]4(C(=O)COP(=O)(OC(C)(C)C)OC(C)(C)C)O3)cc2)c1. The first-order valence-electron chi connectivity index (χ1n) is 26.2. The van der Waals surface area contributed by atoms with Gasteiger partial charge in [0.05, 0.1) is 35.3 Å². The molecule has 5 aliphatic rings. The van der Waals surface area contributed by atoms with Gasteiger partial charge in [-0.2, -0.15) is 0 Å². The predicted molar refractivity (Wildman–Crippen MR) is 285 cm³/mol. The number of hydrogen-bond donors (Lipinski definition) is 3. The molecule has 0 unspecified atom stereocenters. The molecule has 0 radical (unpaired) electrons. The number of aliphatic hydroxyl groups excluding tert-OH is 1. The van der Waals surface area contributed by atoms with Gasteiger partial charge in [0.1, 0.15) is 18.4 Å². The third kappa shape index (κ3) is 12.8. The van der Waals surface area contributed by atoms with Crippen LogP contribution in [0.3, 0.4) is 0 Å². The highest BCUT2D eigenvalue weighted by atomic mass is 79.9. The Balaban J connectivity index is 1.12. The molecule has 20 heteroatoms. The number of hydrogen-bond acceptors (Lipinski definition) is 14. The van der Waals surface area contributed by atoms with Crippen LogP contribution in [-0.2, 0) is 67.5 Å².